The van der Waals surface area contributed by atoms with Crippen molar-refractivity contribution in [3.8, 4) is 0 Å². The summed E-state index contributed by atoms with van der Waals surface area (Å²) in [6.45, 7) is 1.71. The lowest BCUT2D eigenvalue weighted by Gasteiger charge is -2.05. The number of fused-ring (bicyclic) bond motifs is 1. The summed E-state index contributed by atoms with van der Waals surface area (Å²) in [5.41, 5.74) is 1.11. The van der Waals surface area contributed by atoms with Crippen molar-refractivity contribution >= 4 is 32.6 Å². The maximum Gasteiger partial charge on any atom is 0.201 e. The fourth-order valence-corrected chi connectivity index (χ4v) is 2.86. The maximum atomic E-state index is 14.0. The Morgan fingerprint density at radius 2 is 1.71 bits per heavy atom. The second kappa shape index (κ2) is 5.07. The molecule has 1 aromatic heterocycles. The van der Waals surface area contributed by atoms with E-state index >= 15 is 0 Å². The molecule has 0 spiro atoms. The summed E-state index contributed by atoms with van der Waals surface area (Å²) >= 11 is 3.00. The molecule has 2 nitrogen and oxygen atoms in total. The van der Waals surface area contributed by atoms with Crippen molar-refractivity contribution in [1.29, 1.82) is 0 Å². The lowest BCUT2D eigenvalue weighted by Crippen LogP contribution is -2.08. The van der Waals surface area contributed by atoms with Gasteiger partial charge in [0.1, 0.15) is 11.6 Å². The molecule has 0 aliphatic heterocycles. The van der Waals surface area contributed by atoms with Gasteiger partial charge in [-0.3, -0.25) is 4.79 Å². The summed E-state index contributed by atoms with van der Waals surface area (Å²) in [5.74, 6) is -2.42. The molecule has 3 rings (SSSR count). The molecule has 0 bridgehead atoms. The Labute approximate surface area is 127 Å². The number of halogens is 3. The third-order valence-corrected chi connectivity index (χ3v) is 3.81. The van der Waals surface area contributed by atoms with Gasteiger partial charge in [0.15, 0.2) is 0 Å². The molecule has 3 aromatic rings. The van der Waals surface area contributed by atoms with Crippen LogP contribution in [0.2, 0.25) is 0 Å². The van der Waals surface area contributed by atoms with Crippen LogP contribution >= 0.6 is 15.9 Å². The SMILES string of the molecule is Cc1[nH]c2ccccc2c1C(=O)c1c(F)cc(Br)cc1F. The van der Waals surface area contributed by atoms with Crippen molar-refractivity contribution < 1.29 is 13.6 Å². The van der Waals surface area contributed by atoms with Gasteiger partial charge in [0.2, 0.25) is 5.78 Å². The largest absolute Gasteiger partial charge is 0.358 e. The van der Waals surface area contributed by atoms with Crippen molar-refractivity contribution in [2.75, 3.05) is 0 Å². The second-order valence-electron chi connectivity index (χ2n) is 4.74. The minimum atomic E-state index is -0.878. The molecule has 0 aliphatic carbocycles. The third kappa shape index (κ3) is 2.27. The van der Waals surface area contributed by atoms with Gasteiger partial charge in [0.25, 0.3) is 0 Å². The van der Waals surface area contributed by atoms with Gasteiger partial charge in [-0.1, -0.05) is 34.1 Å². The number of rotatable bonds is 2. The zero-order chi connectivity index (χ0) is 15.1. The molecule has 106 valence electrons. The van der Waals surface area contributed by atoms with Crippen molar-refractivity contribution in [1.82, 2.24) is 4.98 Å². The van der Waals surface area contributed by atoms with E-state index in [4.69, 9.17) is 0 Å². The van der Waals surface area contributed by atoms with Crippen LogP contribution in [0.4, 0.5) is 8.78 Å². The number of carbonyl (C=O) groups is 1. The van der Waals surface area contributed by atoms with Crippen LogP contribution in [-0.2, 0) is 0 Å². The highest BCUT2D eigenvalue weighted by atomic mass is 79.9. The summed E-state index contributed by atoms with van der Waals surface area (Å²) in [4.78, 5) is 15.6. The number of aryl methyl sites for hydroxylation is 1. The van der Waals surface area contributed by atoms with Crippen molar-refractivity contribution in [3.05, 3.63) is 69.3 Å². The van der Waals surface area contributed by atoms with E-state index in [0.29, 0.717) is 16.6 Å². The van der Waals surface area contributed by atoms with E-state index in [0.717, 1.165) is 17.6 Å². The molecule has 0 atom stereocenters. The Balaban J connectivity index is 2.25. The fraction of sp³-hybridized carbons (Fsp3) is 0.0625. The molecule has 1 N–H and O–H groups in total. The fourth-order valence-electron chi connectivity index (χ4n) is 2.45. The lowest BCUT2D eigenvalue weighted by molar-refractivity contribution is 0.103. The van der Waals surface area contributed by atoms with Gasteiger partial charge >= 0.3 is 0 Å². The Hall–Kier alpha value is -2.01. The van der Waals surface area contributed by atoms with Gasteiger partial charge in [-0.2, -0.15) is 0 Å². The quantitative estimate of drug-likeness (QED) is 0.665. The van der Waals surface area contributed by atoms with Gasteiger partial charge in [-0.15, -0.1) is 0 Å². The summed E-state index contributed by atoms with van der Waals surface area (Å²) in [5, 5.41) is 0.654. The van der Waals surface area contributed by atoms with Gasteiger partial charge in [0.05, 0.1) is 11.1 Å². The minimum absolute atomic E-state index is 0.254. The van der Waals surface area contributed by atoms with Crippen LogP contribution in [0.25, 0.3) is 10.9 Å². The van der Waals surface area contributed by atoms with Gasteiger partial charge in [0, 0.05) is 21.1 Å². The van der Waals surface area contributed by atoms with Crippen LogP contribution in [0, 0.1) is 18.6 Å². The first-order valence-corrected chi connectivity index (χ1v) is 7.05. The highest BCUT2D eigenvalue weighted by Gasteiger charge is 2.24. The molecule has 0 aliphatic rings. The van der Waals surface area contributed by atoms with Crippen molar-refractivity contribution in [2.45, 2.75) is 6.92 Å². The van der Waals surface area contributed by atoms with Gasteiger partial charge in [-0.25, -0.2) is 8.78 Å². The molecule has 21 heavy (non-hydrogen) atoms. The second-order valence-corrected chi connectivity index (χ2v) is 5.66. The predicted octanol–water partition coefficient (Wildman–Crippen LogP) is 4.75. The van der Waals surface area contributed by atoms with Crippen LogP contribution < -0.4 is 0 Å². The first kappa shape index (κ1) is 13.9. The first-order chi connectivity index (χ1) is 9.99. The Morgan fingerprint density at radius 3 is 2.38 bits per heavy atom. The number of carbonyl (C=O) groups excluding carboxylic acids is 1. The summed E-state index contributed by atoms with van der Waals surface area (Å²) < 4.78 is 28.2. The average Bonchev–Trinajstić information content (AvgIpc) is 2.73. The maximum absolute atomic E-state index is 14.0. The standard InChI is InChI=1S/C16H10BrF2NO/c1-8-14(10-4-2-3-5-13(10)20-8)16(21)15-11(18)6-9(17)7-12(15)19/h2-7,20H,1H3. The topological polar surface area (TPSA) is 32.9 Å². The van der Waals surface area contributed by atoms with Crippen LogP contribution in [0.15, 0.2) is 40.9 Å². The number of hydrogen-bond acceptors (Lipinski definition) is 1. The smallest absolute Gasteiger partial charge is 0.201 e. The molecule has 0 unspecified atom stereocenters. The first-order valence-electron chi connectivity index (χ1n) is 6.25. The number of aromatic nitrogens is 1. The van der Waals surface area contributed by atoms with Gasteiger partial charge < -0.3 is 4.98 Å². The zero-order valence-corrected chi connectivity index (χ0v) is 12.6. The molecule has 2 aromatic carbocycles. The van der Waals surface area contributed by atoms with E-state index in [9.17, 15) is 13.6 Å². The summed E-state index contributed by atoms with van der Waals surface area (Å²) in [6, 6.07) is 9.34. The Bertz CT molecular complexity index is 847. The predicted molar refractivity (Wildman–Crippen MR) is 80.5 cm³/mol. The molecule has 0 radical (unpaired) electrons. The van der Waals surface area contributed by atoms with E-state index in [1.165, 1.54) is 0 Å². The summed E-state index contributed by atoms with van der Waals surface area (Å²) in [7, 11) is 0. The number of benzene rings is 2. The number of hydrogen-bond donors (Lipinski definition) is 1. The highest BCUT2D eigenvalue weighted by Crippen LogP contribution is 2.28. The van der Waals surface area contributed by atoms with Crippen molar-refractivity contribution in [2.24, 2.45) is 0 Å². The molecule has 0 fully saturated rings. The monoisotopic (exact) mass is 349 g/mol. The van der Waals surface area contributed by atoms with Crippen molar-refractivity contribution in [3.63, 3.8) is 0 Å². The molecule has 5 heteroatoms. The Kier molecular flexibility index (Phi) is 3.37. The van der Waals surface area contributed by atoms with E-state index in [1.54, 1.807) is 19.1 Å². The number of nitrogens with one attached hydrogen (secondary N) is 1. The van der Waals surface area contributed by atoms with Crippen LogP contribution in [0.1, 0.15) is 21.6 Å². The van der Waals surface area contributed by atoms with E-state index in [2.05, 4.69) is 20.9 Å². The lowest BCUT2D eigenvalue weighted by atomic mass is 9.99. The van der Waals surface area contributed by atoms with Crippen LogP contribution in [-0.4, -0.2) is 10.8 Å². The zero-order valence-electron chi connectivity index (χ0n) is 11.0. The highest BCUT2D eigenvalue weighted by molar-refractivity contribution is 9.10. The molecule has 1 heterocycles. The number of aromatic amines is 1. The van der Waals surface area contributed by atoms with Crippen LogP contribution in [0.3, 0.4) is 0 Å². The molecule has 0 saturated heterocycles. The number of ketones is 1. The minimum Gasteiger partial charge on any atom is -0.358 e. The van der Waals surface area contributed by atoms with Crippen LogP contribution in [0.5, 0.6) is 0 Å². The van der Waals surface area contributed by atoms with E-state index in [-0.39, 0.29) is 4.47 Å². The Morgan fingerprint density at radius 1 is 1.10 bits per heavy atom. The van der Waals surface area contributed by atoms with E-state index < -0.39 is 23.0 Å². The number of H-pyrrole nitrogens is 1. The molecular formula is C16H10BrF2NO. The third-order valence-electron chi connectivity index (χ3n) is 3.35. The normalized spacial score (nSPS) is 11.0. The van der Waals surface area contributed by atoms with Gasteiger partial charge in [-0.05, 0) is 25.1 Å². The summed E-state index contributed by atoms with van der Waals surface area (Å²) in [6.07, 6.45) is 0. The number of para-hydroxylation sites is 1. The van der Waals surface area contributed by atoms with E-state index in [1.807, 2.05) is 12.1 Å². The molecular weight excluding hydrogens is 340 g/mol. The average molecular weight is 350 g/mol. The molecule has 0 saturated carbocycles. The molecule has 0 amide bonds.